The Labute approximate surface area is 124 Å². The molecule has 2 atom stereocenters. The van der Waals surface area contributed by atoms with Crippen LogP contribution in [-0.4, -0.2) is 40.9 Å². The fourth-order valence-electron chi connectivity index (χ4n) is 1.75. The van der Waals surface area contributed by atoms with Crippen LogP contribution in [0.5, 0.6) is 0 Å². The van der Waals surface area contributed by atoms with Gasteiger partial charge in [-0.25, -0.2) is 0 Å². The van der Waals surface area contributed by atoms with Crippen molar-refractivity contribution >= 4 is 11.8 Å². The smallest absolute Gasteiger partial charge is 0.454 e. The van der Waals surface area contributed by atoms with Crippen molar-refractivity contribution in [3.8, 4) is 0 Å². The van der Waals surface area contributed by atoms with Crippen LogP contribution in [0.3, 0.4) is 0 Å². The zero-order valence-electron chi connectivity index (χ0n) is 11.6. The molecule has 0 aliphatic rings. The molecule has 122 valence electrons. The molecule has 2 unspecified atom stereocenters. The highest BCUT2D eigenvalue weighted by molar-refractivity contribution is 6.00. The molecule has 22 heavy (non-hydrogen) atoms. The van der Waals surface area contributed by atoms with Crippen LogP contribution in [0, 0.1) is 0 Å². The van der Waals surface area contributed by atoms with Crippen molar-refractivity contribution in [2.75, 3.05) is 6.61 Å². The summed E-state index contributed by atoms with van der Waals surface area (Å²) >= 11 is 0. The van der Waals surface area contributed by atoms with Gasteiger partial charge in [0.2, 0.25) is 0 Å². The summed E-state index contributed by atoms with van der Waals surface area (Å²) in [5.74, 6) is -2.81. The molecule has 0 aliphatic heterocycles. The number of esters is 1. The van der Waals surface area contributed by atoms with Gasteiger partial charge in [0.15, 0.2) is 0 Å². The maximum atomic E-state index is 12.4. The second-order valence-electron chi connectivity index (χ2n) is 4.47. The Bertz CT molecular complexity index is 542. The second-order valence-corrected chi connectivity index (χ2v) is 4.47. The van der Waals surface area contributed by atoms with Gasteiger partial charge in [0.1, 0.15) is 6.10 Å². The fraction of sp³-hybridized carbons (Fsp3) is 0.429. The van der Waals surface area contributed by atoms with Crippen molar-refractivity contribution in [3.05, 3.63) is 35.4 Å². The lowest BCUT2D eigenvalue weighted by Crippen LogP contribution is -2.25. The standard InChI is InChI=1S/C14H15F3O5/c1-2-22-11(19)7-10(18)12(20)8-4-3-5-9(6-8)13(21)14(15,16)17/h3-6,10,12,18,20H,2,7H2,1H3. The molecule has 0 aromatic heterocycles. The van der Waals surface area contributed by atoms with Gasteiger partial charge in [-0.3, -0.25) is 9.59 Å². The van der Waals surface area contributed by atoms with Crippen LogP contribution in [0.15, 0.2) is 24.3 Å². The number of ketones is 1. The van der Waals surface area contributed by atoms with Crippen molar-refractivity contribution < 1.29 is 37.7 Å². The quantitative estimate of drug-likeness (QED) is 0.616. The molecule has 0 saturated heterocycles. The molecule has 2 N–H and O–H groups in total. The van der Waals surface area contributed by atoms with Crippen molar-refractivity contribution in [2.45, 2.75) is 31.7 Å². The fourth-order valence-corrected chi connectivity index (χ4v) is 1.75. The summed E-state index contributed by atoms with van der Waals surface area (Å²) in [5, 5.41) is 19.6. The van der Waals surface area contributed by atoms with Crippen LogP contribution in [0.4, 0.5) is 13.2 Å². The van der Waals surface area contributed by atoms with Gasteiger partial charge in [-0.1, -0.05) is 18.2 Å². The average molecular weight is 320 g/mol. The minimum Gasteiger partial charge on any atom is -0.466 e. The SMILES string of the molecule is CCOC(=O)CC(O)C(O)c1cccc(C(=O)C(F)(F)F)c1. The molecule has 1 rings (SSSR count). The first-order valence-corrected chi connectivity index (χ1v) is 6.40. The summed E-state index contributed by atoms with van der Waals surface area (Å²) in [7, 11) is 0. The number of hydrogen-bond donors (Lipinski definition) is 2. The summed E-state index contributed by atoms with van der Waals surface area (Å²) in [6, 6.07) is 4.17. The first-order valence-electron chi connectivity index (χ1n) is 6.40. The van der Waals surface area contributed by atoms with E-state index in [0.717, 1.165) is 18.2 Å². The summed E-state index contributed by atoms with van der Waals surface area (Å²) in [5.41, 5.74) is -0.765. The molecule has 1 aromatic rings. The molecular weight excluding hydrogens is 305 g/mol. The van der Waals surface area contributed by atoms with E-state index in [-0.39, 0.29) is 12.2 Å². The average Bonchev–Trinajstić information content (AvgIpc) is 2.45. The van der Waals surface area contributed by atoms with Gasteiger partial charge >= 0.3 is 12.1 Å². The Morgan fingerprint density at radius 2 is 1.91 bits per heavy atom. The van der Waals surface area contributed by atoms with E-state index >= 15 is 0 Å². The van der Waals surface area contributed by atoms with E-state index in [1.54, 1.807) is 6.92 Å². The Hall–Kier alpha value is -1.93. The number of aliphatic hydroxyl groups excluding tert-OH is 2. The number of carbonyl (C=O) groups excluding carboxylic acids is 2. The van der Waals surface area contributed by atoms with Gasteiger partial charge in [0.25, 0.3) is 5.78 Å². The highest BCUT2D eigenvalue weighted by Crippen LogP contribution is 2.25. The van der Waals surface area contributed by atoms with Crippen molar-refractivity contribution in [2.24, 2.45) is 0 Å². The maximum absolute atomic E-state index is 12.4. The largest absolute Gasteiger partial charge is 0.466 e. The van der Waals surface area contributed by atoms with E-state index in [2.05, 4.69) is 4.74 Å². The Balaban J connectivity index is 2.88. The summed E-state index contributed by atoms with van der Waals surface area (Å²) in [6.07, 6.45) is -8.74. The lowest BCUT2D eigenvalue weighted by Gasteiger charge is -2.18. The van der Waals surface area contributed by atoms with E-state index in [9.17, 15) is 33.0 Å². The van der Waals surface area contributed by atoms with E-state index in [4.69, 9.17) is 0 Å². The number of ether oxygens (including phenoxy) is 1. The number of alkyl halides is 3. The molecular formula is C14H15F3O5. The molecule has 8 heteroatoms. The molecule has 1 aromatic carbocycles. The van der Waals surface area contributed by atoms with E-state index in [0.29, 0.717) is 0 Å². The van der Waals surface area contributed by atoms with Gasteiger partial charge in [-0.05, 0) is 18.6 Å². The van der Waals surface area contributed by atoms with Crippen molar-refractivity contribution in [3.63, 3.8) is 0 Å². The molecule has 0 fully saturated rings. The van der Waals surface area contributed by atoms with Gasteiger partial charge in [-0.2, -0.15) is 13.2 Å². The number of carbonyl (C=O) groups is 2. The molecule has 0 spiro atoms. The predicted molar refractivity (Wildman–Crippen MR) is 69.0 cm³/mol. The maximum Gasteiger partial charge on any atom is 0.454 e. The lowest BCUT2D eigenvalue weighted by atomic mass is 9.98. The van der Waals surface area contributed by atoms with Crippen LogP contribution in [0.2, 0.25) is 0 Å². The lowest BCUT2D eigenvalue weighted by molar-refractivity contribution is -0.147. The summed E-state index contributed by atoms with van der Waals surface area (Å²) in [4.78, 5) is 22.3. The summed E-state index contributed by atoms with van der Waals surface area (Å²) in [6.45, 7) is 1.66. The third-order valence-electron chi connectivity index (χ3n) is 2.79. The Morgan fingerprint density at radius 3 is 2.45 bits per heavy atom. The highest BCUT2D eigenvalue weighted by Gasteiger charge is 2.39. The van der Waals surface area contributed by atoms with Gasteiger partial charge in [0, 0.05) is 5.56 Å². The van der Waals surface area contributed by atoms with Gasteiger partial charge < -0.3 is 14.9 Å². The molecule has 0 bridgehead atoms. The minimum atomic E-state index is -5.03. The molecule has 0 radical (unpaired) electrons. The molecule has 0 saturated carbocycles. The second kappa shape index (κ2) is 7.37. The van der Waals surface area contributed by atoms with Crippen LogP contribution < -0.4 is 0 Å². The minimum absolute atomic E-state index is 0.0945. The van der Waals surface area contributed by atoms with Crippen LogP contribution in [0.1, 0.15) is 35.4 Å². The zero-order valence-corrected chi connectivity index (χ0v) is 11.6. The van der Waals surface area contributed by atoms with Gasteiger partial charge in [-0.15, -0.1) is 0 Å². The van der Waals surface area contributed by atoms with Crippen molar-refractivity contribution in [1.29, 1.82) is 0 Å². The Morgan fingerprint density at radius 1 is 1.27 bits per heavy atom. The monoisotopic (exact) mass is 320 g/mol. The molecule has 5 nitrogen and oxygen atoms in total. The Kier molecular flexibility index (Phi) is 6.07. The highest BCUT2D eigenvalue weighted by atomic mass is 19.4. The predicted octanol–water partition coefficient (Wildman–Crippen LogP) is 1.78. The molecule has 0 aliphatic carbocycles. The first kappa shape index (κ1) is 18.1. The van der Waals surface area contributed by atoms with Crippen LogP contribution in [-0.2, 0) is 9.53 Å². The van der Waals surface area contributed by atoms with E-state index < -0.39 is 42.1 Å². The molecule has 0 amide bonds. The van der Waals surface area contributed by atoms with Crippen molar-refractivity contribution in [1.82, 2.24) is 0 Å². The van der Waals surface area contributed by atoms with E-state index in [1.807, 2.05) is 0 Å². The van der Waals surface area contributed by atoms with Crippen LogP contribution in [0.25, 0.3) is 0 Å². The number of hydrogen-bond acceptors (Lipinski definition) is 5. The first-order chi connectivity index (χ1) is 10.2. The summed E-state index contributed by atoms with van der Waals surface area (Å²) < 4.78 is 41.7. The number of aliphatic hydroxyl groups is 2. The molecule has 0 heterocycles. The zero-order chi connectivity index (χ0) is 16.9. The number of benzene rings is 1. The third-order valence-corrected chi connectivity index (χ3v) is 2.79. The third kappa shape index (κ3) is 4.81. The van der Waals surface area contributed by atoms with E-state index in [1.165, 1.54) is 6.07 Å². The number of Topliss-reactive ketones (excluding diaryl/α,β-unsaturated/α-hetero) is 1. The van der Waals surface area contributed by atoms with Crippen LogP contribution >= 0.6 is 0 Å². The van der Waals surface area contributed by atoms with Gasteiger partial charge in [0.05, 0.1) is 19.1 Å². The number of rotatable bonds is 6. The topological polar surface area (TPSA) is 83.8 Å². The number of halogens is 3. The normalized spacial score (nSPS) is 14.3.